The third-order valence-corrected chi connectivity index (χ3v) is 8.39. The van der Waals surface area contributed by atoms with Crippen LogP contribution in [-0.2, 0) is 23.7 Å². The summed E-state index contributed by atoms with van der Waals surface area (Å²) in [5.74, 6) is 1.13. The van der Waals surface area contributed by atoms with Crippen molar-refractivity contribution in [3.8, 4) is 0 Å². The average Bonchev–Trinajstić information content (AvgIpc) is 3.77. The lowest BCUT2D eigenvalue weighted by atomic mass is 9.85. The number of carbonyl (C=O) groups excluding carboxylic acids is 1. The van der Waals surface area contributed by atoms with E-state index in [0.717, 1.165) is 37.2 Å². The second-order valence-corrected chi connectivity index (χ2v) is 11.9. The molecule has 1 aromatic heterocycles. The fourth-order valence-corrected chi connectivity index (χ4v) is 5.85. The van der Waals surface area contributed by atoms with E-state index in [9.17, 15) is 4.79 Å². The number of H-pyrrole nitrogens is 1. The van der Waals surface area contributed by atoms with Crippen LogP contribution in [0.25, 0.3) is 11.9 Å². The van der Waals surface area contributed by atoms with Gasteiger partial charge in [-0.1, -0.05) is 80.7 Å². The highest BCUT2D eigenvalue weighted by Gasteiger charge is 2.38. The largest absolute Gasteiger partial charge is 0.494 e. The molecule has 0 radical (unpaired) electrons. The van der Waals surface area contributed by atoms with Crippen molar-refractivity contribution in [3.63, 3.8) is 0 Å². The van der Waals surface area contributed by atoms with E-state index in [0.29, 0.717) is 61.1 Å². The highest BCUT2D eigenvalue weighted by Crippen LogP contribution is 2.35. The lowest BCUT2D eigenvalue weighted by molar-refractivity contribution is -0.131. The zero-order chi connectivity index (χ0) is 39.7. The molecule has 2 aliphatic rings. The van der Waals surface area contributed by atoms with Gasteiger partial charge in [-0.25, -0.2) is 4.39 Å². The van der Waals surface area contributed by atoms with E-state index in [1.165, 1.54) is 0 Å². The summed E-state index contributed by atoms with van der Waals surface area (Å²) in [7, 11) is 1.71. The topological polar surface area (TPSA) is 85.4 Å². The Morgan fingerprint density at radius 3 is 2.44 bits per heavy atom. The van der Waals surface area contributed by atoms with Crippen LogP contribution in [0.1, 0.15) is 125 Å². The number of allylic oxidation sites excluding steroid dienone is 5. The first kappa shape index (κ1) is 48.1. The standard InChI is InChI=1S/C37H52FN3O5.3C2H6/c1-9-18-39-32-23-34(45-20-16-35(42)41-19-17-37(11-3,24-41)25-43-8)33(44-12-4)15-13-14-29(32)22-27(6)46-28(7)36(38)30-21-26(5)40-31(30)10-2;3*1-2/h10,13-14,18,21,23,29,40H,2,6,9,11-12,15-17,19-20,22,24-25H2,1,3-5,7-8H3;3*1-2H3/b14-13?,32-23+,34-33-,36-28-,39-18?;;;. The Morgan fingerprint density at radius 1 is 1.15 bits per heavy atom. The minimum absolute atomic E-state index is 0.0230. The molecule has 1 N–H and O–H groups in total. The minimum Gasteiger partial charge on any atom is -0.494 e. The van der Waals surface area contributed by atoms with Crippen LogP contribution < -0.4 is 0 Å². The Balaban J connectivity index is 0.00000411. The molecule has 2 atom stereocenters. The molecule has 1 aliphatic carbocycles. The Kier molecular flexibility index (Phi) is 24.9. The number of halogens is 1. The van der Waals surface area contributed by atoms with Gasteiger partial charge in [0, 0.05) is 73.6 Å². The molecule has 1 aromatic rings. The molecule has 8 nitrogen and oxygen atoms in total. The molecule has 2 unspecified atom stereocenters. The number of aromatic nitrogens is 1. The maximum atomic E-state index is 15.3. The van der Waals surface area contributed by atoms with Crippen LogP contribution in [-0.4, -0.2) is 62.0 Å². The lowest BCUT2D eigenvalue weighted by Crippen LogP contribution is -2.34. The summed E-state index contributed by atoms with van der Waals surface area (Å²) < 4.78 is 38.9. The van der Waals surface area contributed by atoms with Gasteiger partial charge in [0.15, 0.2) is 11.6 Å². The molecule has 2 heterocycles. The van der Waals surface area contributed by atoms with Crippen LogP contribution >= 0.6 is 0 Å². The number of carbonyl (C=O) groups is 1. The second kappa shape index (κ2) is 26.9. The maximum Gasteiger partial charge on any atom is 0.226 e. The van der Waals surface area contributed by atoms with Crippen molar-refractivity contribution in [1.82, 2.24) is 9.88 Å². The first-order chi connectivity index (χ1) is 25.1. The fourth-order valence-electron chi connectivity index (χ4n) is 5.85. The lowest BCUT2D eigenvalue weighted by Gasteiger charge is -2.27. The van der Waals surface area contributed by atoms with Gasteiger partial charge in [-0.15, -0.1) is 0 Å². The van der Waals surface area contributed by atoms with Crippen molar-refractivity contribution in [3.05, 3.63) is 83.1 Å². The number of nitrogens with one attached hydrogen (secondary N) is 1. The Morgan fingerprint density at radius 2 is 1.85 bits per heavy atom. The second-order valence-electron chi connectivity index (χ2n) is 11.9. The smallest absolute Gasteiger partial charge is 0.226 e. The number of nitrogens with zero attached hydrogens (tertiary/aromatic N) is 2. The molecule has 52 heavy (non-hydrogen) atoms. The van der Waals surface area contributed by atoms with Crippen molar-refractivity contribution in [2.75, 3.05) is 40.0 Å². The number of aryl methyl sites for hydroxylation is 1. The van der Waals surface area contributed by atoms with Crippen molar-refractivity contribution >= 4 is 24.0 Å². The van der Waals surface area contributed by atoms with Crippen LogP contribution in [0.4, 0.5) is 4.39 Å². The number of likely N-dealkylation sites (tertiary alicyclic amines) is 1. The SMILES string of the molecule is C=Cc1[nH]c(C)cc1/C(F)=C(\C)OC(=C)CC1C=CC/C(OCC)=C(OCCC(=O)N2CCC(CC)(COC)C2)\C=C/1N=CCC.CC.CC.CC. The third-order valence-electron chi connectivity index (χ3n) is 8.39. The van der Waals surface area contributed by atoms with E-state index >= 15 is 4.39 Å². The summed E-state index contributed by atoms with van der Waals surface area (Å²) in [6, 6.07) is 1.72. The molecular weight excluding hydrogens is 657 g/mol. The van der Waals surface area contributed by atoms with Crippen LogP contribution in [0.2, 0.25) is 0 Å². The molecule has 0 saturated carbocycles. The molecule has 3 rings (SSSR count). The van der Waals surface area contributed by atoms with Gasteiger partial charge >= 0.3 is 0 Å². The molecule has 0 bridgehead atoms. The molecule has 1 aliphatic heterocycles. The normalized spacial score (nSPS) is 21.1. The van der Waals surface area contributed by atoms with Gasteiger partial charge < -0.3 is 28.8 Å². The number of methoxy groups -OCH3 is 1. The molecule has 1 fully saturated rings. The third kappa shape index (κ3) is 15.0. The van der Waals surface area contributed by atoms with E-state index in [2.05, 4.69) is 25.1 Å². The Hall–Kier alpha value is -3.85. The Bertz CT molecular complexity index is 1390. The number of hydrogen-bond acceptors (Lipinski definition) is 6. The van der Waals surface area contributed by atoms with Gasteiger partial charge in [0.2, 0.25) is 5.91 Å². The molecule has 294 valence electrons. The van der Waals surface area contributed by atoms with E-state index < -0.39 is 5.83 Å². The van der Waals surface area contributed by atoms with E-state index in [1.807, 2.05) is 91.7 Å². The highest BCUT2D eigenvalue weighted by molar-refractivity contribution is 5.76. The van der Waals surface area contributed by atoms with Crippen molar-refractivity contribution in [2.45, 2.75) is 115 Å². The zero-order valence-electron chi connectivity index (χ0n) is 34.5. The van der Waals surface area contributed by atoms with E-state index in [-0.39, 0.29) is 36.0 Å². The number of aliphatic imine (C=N–C) groups is 1. The molecule has 0 spiro atoms. The fraction of sp³-hybridized carbons (Fsp3) is 0.581. The first-order valence-electron chi connectivity index (χ1n) is 19.3. The number of aromatic amines is 1. The van der Waals surface area contributed by atoms with Crippen molar-refractivity contribution in [2.24, 2.45) is 16.3 Å². The summed E-state index contributed by atoms with van der Waals surface area (Å²) in [4.78, 5) is 22.9. The molecule has 9 heteroatoms. The van der Waals surface area contributed by atoms with Gasteiger partial charge in [0.1, 0.15) is 11.5 Å². The first-order valence-corrected chi connectivity index (χ1v) is 19.3. The number of ether oxygens (including phenoxy) is 4. The van der Waals surface area contributed by atoms with Crippen LogP contribution in [0.5, 0.6) is 0 Å². The van der Waals surface area contributed by atoms with Crippen molar-refractivity contribution < 1.29 is 28.1 Å². The van der Waals surface area contributed by atoms with Gasteiger partial charge in [0.05, 0.1) is 37.7 Å². The molecule has 0 aromatic carbocycles. The summed E-state index contributed by atoms with van der Waals surface area (Å²) in [6.45, 7) is 32.2. The zero-order valence-corrected chi connectivity index (χ0v) is 34.5. The Labute approximate surface area is 315 Å². The van der Waals surface area contributed by atoms with Crippen LogP contribution in [0.15, 0.2) is 71.2 Å². The number of hydrogen-bond donors (Lipinski definition) is 1. The number of amides is 1. The maximum absolute atomic E-state index is 15.3. The molecule has 1 saturated heterocycles. The number of rotatable bonds is 17. The van der Waals surface area contributed by atoms with Crippen molar-refractivity contribution in [1.29, 1.82) is 0 Å². The highest BCUT2D eigenvalue weighted by atomic mass is 19.1. The van der Waals surface area contributed by atoms with E-state index in [1.54, 1.807) is 26.2 Å². The molecular formula is C43H70FN3O5. The van der Waals surface area contributed by atoms with Gasteiger partial charge in [-0.3, -0.25) is 9.79 Å². The molecule has 1 amide bonds. The summed E-state index contributed by atoms with van der Waals surface area (Å²) in [5.41, 5.74) is 2.57. The van der Waals surface area contributed by atoms with Crippen LogP contribution in [0, 0.1) is 18.3 Å². The minimum atomic E-state index is -0.476. The monoisotopic (exact) mass is 728 g/mol. The summed E-state index contributed by atoms with van der Waals surface area (Å²) in [5, 5.41) is 0. The predicted molar refractivity (Wildman–Crippen MR) is 217 cm³/mol. The average molecular weight is 728 g/mol. The van der Waals surface area contributed by atoms with Crippen LogP contribution in [0.3, 0.4) is 0 Å². The van der Waals surface area contributed by atoms with Gasteiger partial charge in [-0.05, 0) is 52.2 Å². The summed E-state index contributed by atoms with van der Waals surface area (Å²) >= 11 is 0. The summed E-state index contributed by atoms with van der Waals surface area (Å²) in [6.07, 6.45) is 13.1. The van der Waals surface area contributed by atoms with Gasteiger partial charge in [0.25, 0.3) is 0 Å². The quantitative estimate of drug-likeness (QED) is 0.0981. The van der Waals surface area contributed by atoms with Gasteiger partial charge in [-0.2, -0.15) is 0 Å². The predicted octanol–water partition coefficient (Wildman–Crippen LogP) is 11.5. The van der Waals surface area contributed by atoms with E-state index in [4.69, 9.17) is 23.9 Å².